The summed E-state index contributed by atoms with van der Waals surface area (Å²) in [6.45, 7) is 12.0. The Kier molecular flexibility index (Phi) is 9.32. The first-order valence-corrected chi connectivity index (χ1v) is 14.0. The van der Waals surface area contributed by atoms with Gasteiger partial charge in [0, 0.05) is 19.1 Å². The number of hydrazine groups is 1. The van der Waals surface area contributed by atoms with Gasteiger partial charge in [0.25, 0.3) is 0 Å². The van der Waals surface area contributed by atoms with E-state index in [1.165, 1.54) is 37.7 Å². The van der Waals surface area contributed by atoms with Gasteiger partial charge in [0.2, 0.25) is 0 Å². The van der Waals surface area contributed by atoms with Crippen molar-refractivity contribution in [3.63, 3.8) is 0 Å². The summed E-state index contributed by atoms with van der Waals surface area (Å²) >= 11 is 0. The second-order valence-electron chi connectivity index (χ2n) is 10.1. The van der Waals surface area contributed by atoms with E-state index in [0.717, 1.165) is 13.0 Å². The van der Waals surface area contributed by atoms with Gasteiger partial charge in [0.05, 0.1) is 11.7 Å². The van der Waals surface area contributed by atoms with Gasteiger partial charge in [-0.05, 0) is 64.6 Å². The Morgan fingerprint density at radius 1 is 1.10 bits per heavy atom. The number of hydrogen-bond donors (Lipinski definition) is 2. The first-order valence-electron chi connectivity index (χ1n) is 11.2. The normalized spacial score (nSPS) is 18.8. The van der Waals surface area contributed by atoms with E-state index >= 15 is 0 Å². The molecular formula is C23H43N3O2Si. The van der Waals surface area contributed by atoms with Crippen molar-refractivity contribution in [3.8, 4) is 0 Å². The van der Waals surface area contributed by atoms with Crippen LogP contribution in [0.1, 0.15) is 58.4 Å². The van der Waals surface area contributed by atoms with Crippen molar-refractivity contribution in [2.24, 2.45) is 17.5 Å². The molecule has 1 aromatic carbocycles. The fourth-order valence-corrected chi connectivity index (χ4v) is 6.91. The maximum atomic E-state index is 6.66. The van der Waals surface area contributed by atoms with E-state index in [2.05, 4.69) is 58.1 Å². The number of hydrogen-bond acceptors (Lipinski definition) is 5. The minimum Gasteiger partial charge on any atom is -0.390 e. The first-order chi connectivity index (χ1) is 13.5. The lowest BCUT2D eigenvalue weighted by molar-refractivity contribution is 0.0232. The summed E-state index contributed by atoms with van der Waals surface area (Å²) in [7, 11) is -2.36. The molecule has 0 heterocycles. The average Bonchev–Trinajstić information content (AvgIpc) is 2.60. The smallest absolute Gasteiger partial charge is 0.332 e. The lowest BCUT2D eigenvalue weighted by atomic mass is 9.89. The van der Waals surface area contributed by atoms with Crippen molar-refractivity contribution in [2.75, 3.05) is 13.1 Å². The molecule has 4 N–H and O–H groups in total. The molecule has 1 aliphatic carbocycles. The van der Waals surface area contributed by atoms with Crippen LogP contribution < -0.4 is 11.6 Å². The van der Waals surface area contributed by atoms with E-state index in [4.69, 9.17) is 20.4 Å². The van der Waals surface area contributed by atoms with Crippen molar-refractivity contribution < 1.29 is 8.85 Å². The van der Waals surface area contributed by atoms with Crippen LogP contribution in [-0.2, 0) is 15.3 Å². The minimum absolute atomic E-state index is 0.134. The van der Waals surface area contributed by atoms with Crippen LogP contribution >= 0.6 is 0 Å². The molecule has 0 spiro atoms. The van der Waals surface area contributed by atoms with Crippen LogP contribution in [0, 0.1) is 5.92 Å². The number of nitrogens with two attached hydrogens (primary N) is 2. The number of nitrogens with zero attached hydrogens (tertiary/aromatic N) is 1. The van der Waals surface area contributed by atoms with E-state index in [1.807, 2.05) is 11.1 Å². The van der Waals surface area contributed by atoms with Gasteiger partial charge in [-0.25, -0.2) is 5.01 Å². The third-order valence-electron chi connectivity index (χ3n) is 5.41. The quantitative estimate of drug-likeness (QED) is 0.336. The molecule has 6 heteroatoms. The highest BCUT2D eigenvalue weighted by atomic mass is 28.4. The van der Waals surface area contributed by atoms with Crippen LogP contribution in [0.25, 0.3) is 0 Å². The molecule has 2 rings (SSSR count). The van der Waals surface area contributed by atoms with Gasteiger partial charge in [-0.2, -0.15) is 0 Å². The van der Waals surface area contributed by atoms with Gasteiger partial charge >= 0.3 is 8.56 Å². The van der Waals surface area contributed by atoms with E-state index in [1.54, 1.807) is 0 Å². The third-order valence-corrected chi connectivity index (χ3v) is 7.39. The van der Waals surface area contributed by atoms with E-state index in [0.29, 0.717) is 12.5 Å². The molecule has 1 aromatic rings. The molecular weight excluding hydrogens is 378 g/mol. The molecule has 0 aliphatic heterocycles. The summed E-state index contributed by atoms with van der Waals surface area (Å²) in [4.78, 5) is 0. The molecule has 0 saturated heterocycles. The fourth-order valence-electron chi connectivity index (χ4n) is 4.41. The molecule has 166 valence electrons. The molecule has 0 amide bonds. The molecule has 1 fully saturated rings. The van der Waals surface area contributed by atoms with Gasteiger partial charge in [0.15, 0.2) is 0 Å². The second-order valence-corrected chi connectivity index (χ2v) is 13.3. The molecule has 0 unspecified atom stereocenters. The summed E-state index contributed by atoms with van der Waals surface area (Å²) in [5.41, 5.74) is 7.64. The Hall–Kier alpha value is -0.763. The molecule has 0 radical (unpaired) electrons. The number of rotatable bonds is 10. The van der Waals surface area contributed by atoms with Crippen molar-refractivity contribution in [1.82, 2.24) is 5.01 Å². The zero-order valence-electron chi connectivity index (χ0n) is 19.2. The van der Waals surface area contributed by atoms with Crippen LogP contribution in [0.4, 0.5) is 0 Å². The van der Waals surface area contributed by atoms with Gasteiger partial charge in [-0.1, -0.05) is 49.6 Å². The summed E-state index contributed by atoms with van der Waals surface area (Å²) in [6, 6.07) is 10.2. The van der Waals surface area contributed by atoms with Gasteiger partial charge in [-0.3, -0.25) is 5.84 Å². The van der Waals surface area contributed by atoms with Gasteiger partial charge in [0.1, 0.15) is 0 Å². The third kappa shape index (κ3) is 9.72. The molecule has 2 atom stereocenters. The molecule has 0 aromatic heterocycles. The van der Waals surface area contributed by atoms with E-state index in [-0.39, 0.29) is 17.7 Å². The Balaban J connectivity index is 2.04. The maximum Gasteiger partial charge on any atom is 0.332 e. The molecule has 1 aliphatic rings. The summed E-state index contributed by atoms with van der Waals surface area (Å²) in [5, 5.41) is 1.94. The Bertz CT molecular complexity index is 586. The van der Waals surface area contributed by atoms with Gasteiger partial charge < -0.3 is 14.6 Å². The zero-order chi connectivity index (χ0) is 21.5. The molecule has 29 heavy (non-hydrogen) atoms. The zero-order valence-corrected chi connectivity index (χ0v) is 20.2. The lowest BCUT2D eigenvalue weighted by Crippen LogP contribution is -2.55. The van der Waals surface area contributed by atoms with Crippen molar-refractivity contribution in [3.05, 3.63) is 35.9 Å². The predicted octanol–water partition coefficient (Wildman–Crippen LogP) is 4.21. The highest BCUT2D eigenvalue weighted by molar-refractivity contribution is 6.64. The first kappa shape index (κ1) is 24.5. The van der Waals surface area contributed by atoms with E-state index < -0.39 is 8.56 Å². The topological polar surface area (TPSA) is 73.7 Å². The highest BCUT2D eigenvalue weighted by Crippen LogP contribution is 2.25. The highest BCUT2D eigenvalue weighted by Gasteiger charge is 2.36. The summed E-state index contributed by atoms with van der Waals surface area (Å²) < 4.78 is 12.9. The van der Waals surface area contributed by atoms with Crippen LogP contribution in [-0.4, -0.2) is 44.4 Å². The monoisotopic (exact) mass is 421 g/mol. The summed E-state index contributed by atoms with van der Waals surface area (Å²) in [6.07, 6.45) is 7.18. The van der Waals surface area contributed by atoms with E-state index in [9.17, 15) is 0 Å². The van der Waals surface area contributed by atoms with Crippen LogP contribution in [0.2, 0.25) is 13.1 Å². The average molecular weight is 422 g/mol. The lowest BCUT2D eigenvalue weighted by Gasteiger charge is -2.38. The van der Waals surface area contributed by atoms with Gasteiger partial charge in [-0.15, -0.1) is 0 Å². The molecule has 1 saturated carbocycles. The van der Waals surface area contributed by atoms with Crippen LogP contribution in [0.3, 0.4) is 0 Å². The van der Waals surface area contributed by atoms with Crippen molar-refractivity contribution in [1.29, 1.82) is 0 Å². The Labute approximate surface area is 179 Å². The maximum absolute atomic E-state index is 6.66. The summed E-state index contributed by atoms with van der Waals surface area (Å²) in [5.74, 6) is 7.15. The van der Waals surface area contributed by atoms with Crippen molar-refractivity contribution >= 4 is 8.56 Å². The fraction of sp³-hybridized carbons (Fsp3) is 0.739. The standard InChI is InChI=1S/C23H43N3O2Si/c1-23(2,3)28-29(4,5)27-22(21(24)16-19-12-8-6-9-13-19)18-26(25)17-20-14-10-7-11-15-20/h6,8-9,12-13,20-22H,7,10-11,14-18,24-25H2,1-5H3/t21-,22-/m0/s1. The Morgan fingerprint density at radius 3 is 2.31 bits per heavy atom. The number of benzene rings is 1. The SMILES string of the molecule is CC(C)(C)O[Si](C)(C)O[C@@H](CN(N)CC1CCCCC1)[C@@H](N)Cc1ccccc1. The largest absolute Gasteiger partial charge is 0.390 e. The predicted molar refractivity (Wildman–Crippen MR) is 124 cm³/mol. The minimum atomic E-state index is -2.36. The van der Waals surface area contributed by atoms with Crippen LogP contribution in [0.15, 0.2) is 30.3 Å². The van der Waals surface area contributed by atoms with Crippen LogP contribution in [0.5, 0.6) is 0 Å². The molecule has 0 bridgehead atoms. The molecule has 5 nitrogen and oxygen atoms in total. The second kappa shape index (κ2) is 11.0. The van der Waals surface area contributed by atoms with Crippen molar-refractivity contribution in [2.45, 2.75) is 90.1 Å². The Morgan fingerprint density at radius 2 is 1.72 bits per heavy atom.